The van der Waals surface area contributed by atoms with Gasteiger partial charge in [0.2, 0.25) is 0 Å². The second-order valence-corrected chi connectivity index (χ2v) is 6.82. The van der Waals surface area contributed by atoms with Crippen LogP contribution < -0.4 is 4.74 Å². The summed E-state index contributed by atoms with van der Waals surface area (Å²) in [7, 11) is 3.76. The summed E-state index contributed by atoms with van der Waals surface area (Å²) in [6.07, 6.45) is 4.08. The lowest BCUT2D eigenvalue weighted by atomic mass is 10.0. The number of ether oxygens (including phenoxy) is 1. The summed E-state index contributed by atoms with van der Waals surface area (Å²) < 4.78 is 7.73. The van der Waals surface area contributed by atoms with Gasteiger partial charge in [-0.15, -0.1) is 10.2 Å². The van der Waals surface area contributed by atoms with Crippen molar-refractivity contribution < 1.29 is 4.74 Å². The van der Waals surface area contributed by atoms with Gasteiger partial charge in [0.15, 0.2) is 0 Å². The summed E-state index contributed by atoms with van der Waals surface area (Å²) in [4.78, 5) is 2.48. The number of methoxy groups -OCH3 is 1. The maximum Gasteiger partial charge on any atom is 0.149 e. The molecule has 0 saturated carbocycles. The van der Waals surface area contributed by atoms with E-state index in [2.05, 4.69) is 57.6 Å². The van der Waals surface area contributed by atoms with E-state index in [1.54, 1.807) is 13.4 Å². The van der Waals surface area contributed by atoms with Gasteiger partial charge in [-0.1, -0.05) is 42.5 Å². The predicted octanol–water partition coefficient (Wildman–Crippen LogP) is 3.83. The van der Waals surface area contributed by atoms with E-state index in [0.29, 0.717) is 6.04 Å². The summed E-state index contributed by atoms with van der Waals surface area (Å²) in [5, 5.41) is 8.37. The Labute approximate surface area is 154 Å². The van der Waals surface area contributed by atoms with Crippen molar-refractivity contribution in [3.8, 4) is 16.9 Å². The van der Waals surface area contributed by atoms with Crippen LogP contribution in [0.1, 0.15) is 30.3 Å². The number of aromatic nitrogens is 3. The molecular weight excluding hydrogens is 324 g/mol. The molecule has 1 aromatic heterocycles. The van der Waals surface area contributed by atoms with Crippen molar-refractivity contribution in [3.63, 3.8) is 0 Å². The van der Waals surface area contributed by atoms with Gasteiger partial charge in [-0.3, -0.25) is 4.90 Å². The molecule has 2 heterocycles. The van der Waals surface area contributed by atoms with Gasteiger partial charge in [0.1, 0.15) is 17.9 Å². The number of benzene rings is 2. The van der Waals surface area contributed by atoms with Gasteiger partial charge < -0.3 is 9.30 Å². The average Bonchev–Trinajstić information content (AvgIpc) is 3.31. The normalized spacial score (nSPS) is 17.5. The van der Waals surface area contributed by atoms with Crippen LogP contribution in [0.15, 0.2) is 54.9 Å². The largest absolute Gasteiger partial charge is 0.496 e. The molecular formula is C21H24N4O. The summed E-state index contributed by atoms with van der Waals surface area (Å²) in [6, 6.07) is 17.2. The van der Waals surface area contributed by atoms with Crippen LogP contribution in [0.5, 0.6) is 5.75 Å². The lowest BCUT2D eigenvalue weighted by Gasteiger charge is -2.24. The molecule has 0 unspecified atom stereocenters. The first-order chi connectivity index (χ1) is 12.8. The molecule has 134 valence electrons. The third-order valence-corrected chi connectivity index (χ3v) is 5.18. The maximum atomic E-state index is 5.71. The molecule has 4 rings (SSSR count). The molecule has 0 amide bonds. The quantitative estimate of drug-likeness (QED) is 0.703. The Morgan fingerprint density at radius 3 is 2.69 bits per heavy atom. The molecule has 1 aliphatic rings. The molecule has 0 aliphatic carbocycles. The van der Waals surface area contributed by atoms with E-state index < -0.39 is 0 Å². The second kappa shape index (κ2) is 7.30. The van der Waals surface area contributed by atoms with Crippen LogP contribution in [0, 0.1) is 0 Å². The second-order valence-electron chi connectivity index (χ2n) is 6.82. The zero-order valence-electron chi connectivity index (χ0n) is 15.3. The number of likely N-dealkylation sites (tertiary alicyclic amines) is 1. The van der Waals surface area contributed by atoms with Crippen LogP contribution in [0.4, 0.5) is 0 Å². The van der Waals surface area contributed by atoms with Crippen LogP contribution in [0.25, 0.3) is 11.1 Å². The Morgan fingerprint density at radius 2 is 1.96 bits per heavy atom. The van der Waals surface area contributed by atoms with Crippen molar-refractivity contribution in [2.24, 2.45) is 7.05 Å². The fourth-order valence-electron chi connectivity index (χ4n) is 3.81. The van der Waals surface area contributed by atoms with Crippen molar-refractivity contribution in [2.75, 3.05) is 13.7 Å². The number of aryl methyl sites for hydroxylation is 1. The van der Waals surface area contributed by atoms with E-state index in [0.717, 1.165) is 31.1 Å². The van der Waals surface area contributed by atoms with Gasteiger partial charge in [0.25, 0.3) is 0 Å². The molecule has 5 heteroatoms. The summed E-state index contributed by atoms with van der Waals surface area (Å²) >= 11 is 0. The lowest BCUT2D eigenvalue weighted by Crippen LogP contribution is -2.25. The van der Waals surface area contributed by atoms with Crippen molar-refractivity contribution in [2.45, 2.75) is 25.4 Å². The Bertz CT molecular complexity index is 875. The zero-order valence-corrected chi connectivity index (χ0v) is 15.3. The molecule has 3 aromatic rings. The molecule has 26 heavy (non-hydrogen) atoms. The SMILES string of the molecule is COc1cc(-c2ccccc2)ccc1CN1CCC[C@@H]1c1nncn1C. The minimum atomic E-state index is 0.320. The highest BCUT2D eigenvalue weighted by Crippen LogP contribution is 2.34. The molecule has 1 aliphatic heterocycles. The Balaban J connectivity index is 1.59. The van der Waals surface area contributed by atoms with Crippen LogP contribution in [-0.4, -0.2) is 33.3 Å². The molecule has 0 N–H and O–H groups in total. The molecule has 0 radical (unpaired) electrons. The van der Waals surface area contributed by atoms with Gasteiger partial charge in [-0.2, -0.15) is 0 Å². The van der Waals surface area contributed by atoms with Gasteiger partial charge in [-0.05, 0) is 36.6 Å². The summed E-state index contributed by atoms with van der Waals surface area (Å²) in [5.74, 6) is 1.98. The lowest BCUT2D eigenvalue weighted by molar-refractivity contribution is 0.232. The number of hydrogen-bond acceptors (Lipinski definition) is 4. The molecule has 1 saturated heterocycles. The van der Waals surface area contributed by atoms with Crippen LogP contribution >= 0.6 is 0 Å². The van der Waals surface area contributed by atoms with Gasteiger partial charge in [-0.25, -0.2) is 0 Å². The summed E-state index contributed by atoms with van der Waals surface area (Å²) in [6.45, 7) is 1.93. The van der Waals surface area contributed by atoms with E-state index in [1.807, 2.05) is 17.7 Å². The first kappa shape index (κ1) is 16.8. The maximum absolute atomic E-state index is 5.71. The topological polar surface area (TPSA) is 43.2 Å². The monoisotopic (exact) mass is 348 g/mol. The highest BCUT2D eigenvalue weighted by Gasteiger charge is 2.29. The minimum Gasteiger partial charge on any atom is -0.496 e. The van der Waals surface area contributed by atoms with E-state index in [9.17, 15) is 0 Å². The summed E-state index contributed by atoms with van der Waals surface area (Å²) in [5.41, 5.74) is 3.59. The van der Waals surface area contributed by atoms with Crippen molar-refractivity contribution in [3.05, 3.63) is 66.2 Å². The van der Waals surface area contributed by atoms with Crippen molar-refractivity contribution >= 4 is 0 Å². The number of hydrogen-bond donors (Lipinski definition) is 0. The van der Waals surface area contributed by atoms with Crippen molar-refractivity contribution in [1.29, 1.82) is 0 Å². The van der Waals surface area contributed by atoms with Gasteiger partial charge in [0, 0.05) is 19.2 Å². The molecule has 1 fully saturated rings. The number of nitrogens with zero attached hydrogens (tertiary/aromatic N) is 4. The van der Waals surface area contributed by atoms with Gasteiger partial charge >= 0.3 is 0 Å². The highest BCUT2D eigenvalue weighted by molar-refractivity contribution is 5.66. The molecule has 0 bridgehead atoms. The van der Waals surface area contributed by atoms with E-state index in [-0.39, 0.29) is 0 Å². The Morgan fingerprint density at radius 1 is 1.12 bits per heavy atom. The van der Waals surface area contributed by atoms with E-state index in [1.165, 1.54) is 23.1 Å². The Kier molecular flexibility index (Phi) is 4.71. The van der Waals surface area contributed by atoms with E-state index >= 15 is 0 Å². The molecule has 2 aromatic carbocycles. The fraction of sp³-hybridized carbons (Fsp3) is 0.333. The first-order valence-corrected chi connectivity index (χ1v) is 9.06. The van der Waals surface area contributed by atoms with Gasteiger partial charge in [0.05, 0.1) is 13.2 Å². The van der Waals surface area contributed by atoms with Crippen molar-refractivity contribution in [1.82, 2.24) is 19.7 Å². The van der Waals surface area contributed by atoms with E-state index in [4.69, 9.17) is 4.74 Å². The average molecular weight is 348 g/mol. The molecule has 5 nitrogen and oxygen atoms in total. The van der Waals surface area contributed by atoms with Crippen LogP contribution in [-0.2, 0) is 13.6 Å². The highest BCUT2D eigenvalue weighted by atomic mass is 16.5. The smallest absolute Gasteiger partial charge is 0.149 e. The zero-order chi connectivity index (χ0) is 17.9. The molecule has 1 atom stereocenters. The Hall–Kier alpha value is -2.66. The minimum absolute atomic E-state index is 0.320. The number of rotatable bonds is 5. The fourth-order valence-corrected chi connectivity index (χ4v) is 3.81. The predicted molar refractivity (Wildman–Crippen MR) is 102 cm³/mol. The third-order valence-electron chi connectivity index (χ3n) is 5.18. The van der Waals surface area contributed by atoms with Crippen LogP contribution in [0.2, 0.25) is 0 Å². The van der Waals surface area contributed by atoms with Crippen LogP contribution in [0.3, 0.4) is 0 Å². The third kappa shape index (κ3) is 3.22. The molecule has 0 spiro atoms. The standard InChI is InChI=1S/C21H24N4O/c1-24-15-22-23-21(24)19-9-6-12-25(19)14-18-11-10-17(13-20(18)26-2)16-7-4-3-5-8-16/h3-5,7-8,10-11,13,15,19H,6,9,12,14H2,1-2H3/t19-/m1/s1. The first-order valence-electron chi connectivity index (χ1n) is 9.06.